The van der Waals surface area contributed by atoms with Gasteiger partial charge in [0, 0.05) is 25.0 Å². The number of fused-ring (bicyclic) bond motifs is 3. The lowest BCUT2D eigenvalue weighted by atomic mass is 9.92. The third-order valence-corrected chi connectivity index (χ3v) is 5.38. The Morgan fingerprint density at radius 3 is 2.95 bits per heavy atom. The zero-order valence-electron chi connectivity index (χ0n) is 11.8. The third kappa shape index (κ3) is 1.87. The standard InChI is InChI=1S/C17H22N2O/c18-12-5-3-9-19(10-12)17(20)16-14-8-7-11-4-1-2-6-13(11)15(14)16/h1-2,4,6,12,14-16H,3,5,7-10,18H2/t12-,14?,15?,16?/m1/s1. The van der Waals surface area contributed by atoms with Gasteiger partial charge in [-0.2, -0.15) is 0 Å². The maximum absolute atomic E-state index is 12.8. The van der Waals surface area contributed by atoms with Crippen LogP contribution >= 0.6 is 0 Å². The number of nitrogens with two attached hydrogens (primary N) is 1. The molecule has 20 heavy (non-hydrogen) atoms. The van der Waals surface area contributed by atoms with Crippen molar-refractivity contribution in [2.24, 2.45) is 17.6 Å². The van der Waals surface area contributed by atoms with E-state index in [4.69, 9.17) is 5.73 Å². The van der Waals surface area contributed by atoms with Crippen LogP contribution in [0, 0.1) is 11.8 Å². The van der Waals surface area contributed by atoms with E-state index in [1.807, 2.05) is 4.90 Å². The van der Waals surface area contributed by atoms with Crippen molar-refractivity contribution in [1.82, 2.24) is 4.90 Å². The van der Waals surface area contributed by atoms with Crippen LogP contribution in [0.5, 0.6) is 0 Å². The van der Waals surface area contributed by atoms with Crippen molar-refractivity contribution in [2.45, 2.75) is 37.6 Å². The summed E-state index contributed by atoms with van der Waals surface area (Å²) in [6.45, 7) is 1.67. The van der Waals surface area contributed by atoms with Crippen molar-refractivity contribution in [3.63, 3.8) is 0 Å². The number of nitrogens with zero attached hydrogens (tertiary/aromatic N) is 1. The zero-order valence-corrected chi connectivity index (χ0v) is 11.8. The molecule has 3 heteroatoms. The topological polar surface area (TPSA) is 46.3 Å². The lowest BCUT2D eigenvalue weighted by molar-refractivity contribution is -0.134. The molecule has 1 saturated heterocycles. The second-order valence-electron chi connectivity index (χ2n) is 6.64. The number of aryl methyl sites for hydroxylation is 1. The fourth-order valence-electron chi connectivity index (χ4n) is 4.32. The summed E-state index contributed by atoms with van der Waals surface area (Å²) >= 11 is 0. The first-order valence-electron chi connectivity index (χ1n) is 7.88. The normalized spacial score (nSPS) is 35.1. The smallest absolute Gasteiger partial charge is 0.226 e. The van der Waals surface area contributed by atoms with Crippen LogP contribution in [0.2, 0.25) is 0 Å². The molecule has 3 unspecified atom stereocenters. The molecule has 0 bridgehead atoms. The molecule has 1 aromatic rings. The Morgan fingerprint density at radius 1 is 1.25 bits per heavy atom. The number of likely N-dealkylation sites (tertiary alicyclic amines) is 1. The average Bonchev–Trinajstić information content (AvgIpc) is 3.21. The number of benzene rings is 1. The molecule has 4 rings (SSSR count). The SMILES string of the molecule is N[C@@H]1CCCN(C(=O)C2C3CCc4ccccc4C32)C1. The first-order valence-corrected chi connectivity index (χ1v) is 7.88. The predicted octanol–water partition coefficient (Wildman–Crippen LogP) is 1.91. The number of piperidine rings is 1. The van der Waals surface area contributed by atoms with Gasteiger partial charge >= 0.3 is 0 Å². The van der Waals surface area contributed by atoms with E-state index in [0.717, 1.165) is 32.4 Å². The monoisotopic (exact) mass is 270 g/mol. The summed E-state index contributed by atoms with van der Waals surface area (Å²) in [5.74, 6) is 1.69. The maximum Gasteiger partial charge on any atom is 0.226 e. The Kier molecular flexibility index (Phi) is 2.84. The van der Waals surface area contributed by atoms with Crippen molar-refractivity contribution in [1.29, 1.82) is 0 Å². The van der Waals surface area contributed by atoms with E-state index >= 15 is 0 Å². The van der Waals surface area contributed by atoms with Crippen molar-refractivity contribution < 1.29 is 4.79 Å². The first-order chi connectivity index (χ1) is 9.75. The second kappa shape index (κ2) is 4.59. The van der Waals surface area contributed by atoms with Gasteiger partial charge in [0.05, 0.1) is 0 Å². The van der Waals surface area contributed by atoms with E-state index in [2.05, 4.69) is 24.3 Å². The van der Waals surface area contributed by atoms with Gasteiger partial charge in [-0.05, 0) is 48.6 Å². The molecule has 2 aliphatic carbocycles. The fourth-order valence-corrected chi connectivity index (χ4v) is 4.32. The molecule has 0 spiro atoms. The van der Waals surface area contributed by atoms with Crippen molar-refractivity contribution >= 4 is 5.91 Å². The van der Waals surface area contributed by atoms with Gasteiger partial charge in [0.1, 0.15) is 0 Å². The Labute approximate surface area is 120 Å². The highest BCUT2D eigenvalue weighted by molar-refractivity contribution is 5.84. The summed E-state index contributed by atoms with van der Waals surface area (Å²) in [7, 11) is 0. The second-order valence-corrected chi connectivity index (χ2v) is 6.64. The molecule has 3 nitrogen and oxygen atoms in total. The van der Waals surface area contributed by atoms with E-state index in [9.17, 15) is 4.79 Å². The van der Waals surface area contributed by atoms with Crippen molar-refractivity contribution in [3.8, 4) is 0 Å². The minimum atomic E-state index is 0.181. The quantitative estimate of drug-likeness (QED) is 0.847. The molecule has 106 valence electrons. The maximum atomic E-state index is 12.8. The predicted molar refractivity (Wildman–Crippen MR) is 78.3 cm³/mol. The van der Waals surface area contributed by atoms with E-state index < -0.39 is 0 Å². The molecule has 1 saturated carbocycles. The van der Waals surface area contributed by atoms with Gasteiger partial charge < -0.3 is 10.6 Å². The van der Waals surface area contributed by atoms with Gasteiger partial charge in [-0.3, -0.25) is 4.79 Å². The molecule has 2 fully saturated rings. The molecular formula is C17H22N2O. The highest BCUT2D eigenvalue weighted by Gasteiger charge is 2.58. The molecule has 2 N–H and O–H groups in total. The third-order valence-electron chi connectivity index (χ3n) is 5.38. The van der Waals surface area contributed by atoms with Gasteiger partial charge in [0.2, 0.25) is 5.91 Å². The van der Waals surface area contributed by atoms with Crippen LogP contribution in [0.4, 0.5) is 0 Å². The van der Waals surface area contributed by atoms with Crippen LogP contribution in [0.3, 0.4) is 0 Å². The van der Waals surface area contributed by atoms with Crippen LogP contribution in [-0.2, 0) is 11.2 Å². The lowest BCUT2D eigenvalue weighted by Gasteiger charge is -2.31. The summed E-state index contributed by atoms with van der Waals surface area (Å²) in [6, 6.07) is 8.85. The van der Waals surface area contributed by atoms with E-state index in [1.54, 1.807) is 0 Å². The van der Waals surface area contributed by atoms with Crippen LogP contribution < -0.4 is 5.73 Å². The molecule has 1 aliphatic heterocycles. The fraction of sp³-hybridized carbons (Fsp3) is 0.588. The summed E-state index contributed by atoms with van der Waals surface area (Å²) in [6.07, 6.45) is 4.44. The first kappa shape index (κ1) is 12.4. The van der Waals surface area contributed by atoms with Gasteiger partial charge in [0.25, 0.3) is 0 Å². The number of hydrogen-bond donors (Lipinski definition) is 1. The summed E-state index contributed by atoms with van der Waals surface area (Å²) in [5.41, 5.74) is 8.90. The number of hydrogen-bond acceptors (Lipinski definition) is 2. The average molecular weight is 270 g/mol. The molecule has 0 radical (unpaired) electrons. The van der Waals surface area contributed by atoms with Crippen molar-refractivity contribution in [2.75, 3.05) is 13.1 Å². The number of rotatable bonds is 1. The molecular weight excluding hydrogens is 248 g/mol. The Morgan fingerprint density at radius 2 is 2.10 bits per heavy atom. The molecule has 1 amide bonds. The van der Waals surface area contributed by atoms with Gasteiger partial charge in [0.15, 0.2) is 0 Å². The van der Waals surface area contributed by atoms with Crippen molar-refractivity contribution in [3.05, 3.63) is 35.4 Å². The van der Waals surface area contributed by atoms with Gasteiger partial charge in [-0.25, -0.2) is 0 Å². The van der Waals surface area contributed by atoms with E-state index in [1.165, 1.54) is 17.5 Å². The summed E-state index contributed by atoms with van der Waals surface area (Å²) in [4.78, 5) is 14.8. The Balaban J connectivity index is 1.53. The molecule has 1 heterocycles. The zero-order chi connectivity index (χ0) is 13.7. The number of carbonyl (C=O) groups excluding carboxylic acids is 1. The molecule has 4 atom stereocenters. The number of amides is 1. The molecule has 1 aromatic carbocycles. The van der Waals surface area contributed by atoms with Crippen LogP contribution in [0.15, 0.2) is 24.3 Å². The van der Waals surface area contributed by atoms with Crippen LogP contribution in [0.25, 0.3) is 0 Å². The van der Waals surface area contributed by atoms with Gasteiger partial charge in [-0.15, -0.1) is 0 Å². The van der Waals surface area contributed by atoms with E-state index in [-0.39, 0.29) is 12.0 Å². The number of carbonyl (C=O) groups is 1. The van der Waals surface area contributed by atoms with E-state index in [0.29, 0.717) is 17.7 Å². The highest BCUT2D eigenvalue weighted by Crippen LogP contribution is 2.60. The largest absolute Gasteiger partial charge is 0.341 e. The minimum absolute atomic E-state index is 0.181. The Bertz CT molecular complexity index is 542. The lowest BCUT2D eigenvalue weighted by Crippen LogP contribution is -2.46. The van der Waals surface area contributed by atoms with Crippen LogP contribution in [-0.4, -0.2) is 29.9 Å². The Hall–Kier alpha value is -1.35. The molecule has 3 aliphatic rings. The van der Waals surface area contributed by atoms with Gasteiger partial charge in [-0.1, -0.05) is 24.3 Å². The highest BCUT2D eigenvalue weighted by atomic mass is 16.2. The minimum Gasteiger partial charge on any atom is -0.341 e. The molecule has 0 aromatic heterocycles. The summed E-state index contributed by atoms with van der Waals surface area (Å²) in [5, 5.41) is 0. The summed E-state index contributed by atoms with van der Waals surface area (Å²) < 4.78 is 0. The van der Waals surface area contributed by atoms with Crippen LogP contribution in [0.1, 0.15) is 36.3 Å².